The van der Waals surface area contributed by atoms with E-state index in [1.807, 2.05) is 0 Å². The number of hydrogen-bond acceptors (Lipinski definition) is 5. The quantitative estimate of drug-likeness (QED) is 0.761. The molecule has 3 fully saturated rings. The molecule has 1 aliphatic heterocycles. The average molecular weight is 303 g/mol. The van der Waals surface area contributed by atoms with E-state index in [0.717, 1.165) is 4.90 Å². The van der Waals surface area contributed by atoms with Crippen LogP contribution in [0.2, 0.25) is 0 Å². The van der Waals surface area contributed by atoms with E-state index >= 15 is 0 Å². The van der Waals surface area contributed by atoms with Crippen molar-refractivity contribution in [3.05, 3.63) is 24.3 Å². The van der Waals surface area contributed by atoms with Crippen molar-refractivity contribution in [2.24, 2.45) is 23.7 Å². The lowest BCUT2D eigenvalue weighted by atomic mass is 9.78. The van der Waals surface area contributed by atoms with Crippen molar-refractivity contribution in [2.75, 3.05) is 12.0 Å². The number of aliphatic hydroxyl groups is 2. The van der Waals surface area contributed by atoms with Crippen LogP contribution in [-0.2, 0) is 9.59 Å². The number of methoxy groups -OCH3 is 1. The number of ether oxygens (including phenoxy) is 1. The van der Waals surface area contributed by atoms with E-state index in [1.165, 1.54) is 7.11 Å². The molecular weight excluding hydrogens is 286 g/mol. The largest absolute Gasteiger partial charge is 0.495 e. The normalized spacial score (nSPS) is 39.5. The van der Waals surface area contributed by atoms with Gasteiger partial charge in [-0.25, -0.2) is 4.90 Å². The second kappa shape index (κ2) is 4.54. The van der Waals surface area contributed by atoms with Crippen LogP contribution in [-0.4, -0.2) is 41.3 Å². The van der Waals surface area contributed by atoms with Gasteiger partial charge in [0.15, 0.2) is 0 Å². The van der Waals surface area contributed by atoms with Gasteiger partial charge in [0.2, 0.25) is 11.8 Å². The van der Waals surface area contributed by atoms with Crippen molar-refractivity contribution in [1.29, 1.82) is 0 Å². The first-order chi connectivity index (χ1) is 10.6. The van der Waals surface area contributed by atoms with Gasteiger partial charge in [0, 0.05) is 11.8 Å². The lowest BCUT2D eigenvalue weighted by Gasteiger charge is -2.29. The van der Waals surface area contributed by atoms with E-state index in [0.29, 0.717) is 17.9 Å². The number of anilines is 1. The number of aliphatic hydroxyl groups excluding tert-OH is 2. The van der Waals surface area contributed by atoms with Gasteiger partial charge in [-0.1, -0.05) is 12.1 Å². The topological polar surface area (TPSA) is 87.1 Å². The van der Waals surface area contributed by atoms with Gasteiger partial charge in [0.1, 0.15) is 5.75 Å². The van der Waals surface area contributed by atoms with Gasteiger partial charge in [-0.15, -0.1) is 0 Å². The molecule has 2 saturated carbocycles. The number of nitrogens with zero attached hydrogens (tertiary/aromatic N) is 1. The number of carbonyl (C=O) groups is 2. The Morgan fingerprint density at radius 3 is 2.14 bits per heavy atom. The Kier molecular flexibility index (Phi) is 2.83. The Hall–Kier alpha value is -1.92. The van der Waals surface area contributed by atoms with E-state index in [-0.39, 0.29) is 23.7 Å². The summed E-state index contributed by atoms with van der Waals surface area (Å²) >= 11 is 0. The van der Waals surface area contributed by atoms with Crippen LogP contribution in [0.4, 0.5) is 5.69 Å². The fourth-order valence-corrected chi connectivity index (χ4v) is 4.48. The monoisotopic (exact) mass is 303 g/mol. The molecule has 6 atom stereocenters. The maximum atomic E-state index is 12.8. The van der Waals surface area contributed by atoms with Crippen LogP contribution < -0.4 is 9.64 Å². The number of amides is 2. The zero-order valence-corrected chi connectivity index (χ0v) is 12.0. The Morgan fingerprint density at radius 1 is 1.05 bits per heavy atom. The number of rotatable bonds is 2. The zero-order chi connectivity index (χ0) is 15.6. The molecule has 0 aromatic heterocycles. The average Bonchev–Trinajstić information content (AvgIpc) is 3.12. The lowest BCUT2D eigenvalue weighted by Crippen LogP contribution is -2.43. The van der Waals surface area contributed by atoms with Crippen LogP contribution in [0, 0.1) is 23.7 Å². The standard InChI is InChI=1S/C16H17NO5/c1-22-10-5-3-2-4-9(10)17-15(20)11-7-6-8(12(11)16(17)21)14(19)13(7)18/h2-5,7-8,11-14,18-19H,6H2,1H3/t7-,8+,11-,12-,13-,14-/m0/s1. The number of imide groups is 1. The van der Waals surface area contributed by atoms with Crippen LogP contribution in [0.5, 0.6) is 5.75 Å². The van der Waals surface area contributed by atoms with Gasteiger partial charge in [-0.05, 0) is 18.6 Å². The molecule has 1 aromatic carbocycles. The molecule has 6 nitrogen and oxygen atoms in total. The van der Waals surface area contributed by atoms with Crippen LogP contribution in [0.1, 0.15) is 6.42 Å². The van der Waals surface area contributed by atoms with Crippen LogP contribution in [0.3, 0.4) is 0 Å². The van der Waals surface area contributed by atoms with Crippen molar-refractivity contribution >= 4 is 17.5 Å². The molecule has 6 heteroatoms. The molecule has 116 valence electrons. The summed E-state index contributed by atoms with van der Waals surface area (Å²) in [5.74, 6) is -1.85. The highest BCUT2D eigenvalue weighted by atomic mass is 16.5. The molecule has 2 aliphatic carbocycles. The van der Waals surface area contributed by atoms with E-state index in [2.05, 4.69) is 0 Å². The molecule has 1 heterocycles. The molecule has 2 N–H and O–H groups in total. The molecule has 2 bridgehead atoms. The fraction of sp³-hybridized carbons (Fsp3) is 0.500. The van der Waals surface area contributed by atoms with Crippen LogP contribution in [0.25, 0.3) is 0 Å². The Balaban J connectivity index is 1.76. The minimum absolute atomic E-state index is 0.294. The minimum Gasteiger partial charge on any atom is -0.495 e. The lowest BCUT2D eigenvalue weighted by molar-refractivity contribution is -0.129. The number of hydrogen-bond donors (Lipinski definition) is 2. The molecule has 4 rings (SSSR count). The summed E-state index contributed by atoms with van der Waals surface area (Å²) in [5.41, 5.74) is 0.428. The van der Waals surface area contributed by atoms with Crippen molar-refractivity contribution in [1.82, 2.24) is 0 Å². The van der Waals surface area contributed by atoms with Gasteiger partial charge in [-0.2, -0.15) is 0 Å². The number of benzene rings is 1. The molecule has 2 amide bonds. The summed E-state index contributed by atoms with van der Waals surface area (Å²) in [7, 11) is 1.49. The van der Waals surface area contributed by atoms with Gasteiger partial charge >= 0.3 is 0 Å². The third kappa shape index (κ3) is 1.51. The molecule has 0 unspecified atom stereocenters. The van der Waals surface area contributed by atoms with Gasteiger partial charge in [-0.3, -0.25) is 9.59 Å². The molecule has 3 aliphatic rings. The second-order valence-electron chi connectivity index (χ2n) is 6.28. The minimum atomic E-state index is -0.916. The highest BCUT2D eigenvalue weighted by molar-refractivity contribution is 6.23. The molecule has 1 saturated heterocycles. The van der Waals surface area contributed by atoms with E-state index in [9.17, 15) is 19.8 Å². The summed E-state index contributed by atoms with van der Waals surface area (Å²) in [4.78, 5) is 26.7. The zero-order valence-electron chi connectivity index (χ0n) is 12.0. The maximum Gasteiger partial charge on any atom is 0.238 e. The highest BCUT2D eigenvalue weighted by Gasteiger charge is 2.67. The summed E-state index contributed by atoms with van der Waals surface area (Å²) < 4.78 is 5.24. The predicted molar refractivity (Wildman–Crippen MR) is 76.1 cm³/mol. The summed E-state index contributed by atoms with van der Waals surface area (Å²) in [6, 6.07) is 6.88. The summed E-state index contributed by atoms with van der Waals surface area (Å²) in [5, 5.41) is 20.1. The van der Waals surface area contributed by atoms with Crippen LogP contribution >= 0.6 is 0 Å². The molecular formula is C16H17NO5. The number of para-hydroxylation sites is 2. The second-order valence-corrected chi connectivity index (χ2v) is 6.28. The van der Waals surface area contributed by atoms with Gasteiger partial charge in [0.05, 0.1) is 36.8 Å². The predicted octanol–water partition coefficient (Wildman–Crippen LogP) is 0.172. The number of carbonyl (C=O) groups excluding carboxylic acids is 2. The maximum absolute atomic E-state index is 12.8. The first kappa shape index (κ1) is 13.7. The summed E-state index contributed by atoms with van der Waals surface area (Å²) in [6.07, 6.45) is -1.30. The Bertz CT molecular complexity index is 628. The smallest absolute Gasteiger partial charge is 0.238 e. The summed E-state index contributed by atoms with van der Waals surface area (Å²) in [6.45, 7) is 0. The third-order valence-electron chi connectivity index (χ3n) is 5.42. The van der Waals surface area contributed by atoms with Crippen molar-refractivity contribution in [2.45, 2.75) is 18.6 Å². The first-order valence-corrected chi connectivity index (χ1v) is 7.43. The molecule has 0 radical (unpaired) electrons. The third-order valence-corrected chi connectivity index (χ3v) is 5.42. The first-order valence-electron chi connectivity index (χ1n) is 7.43. The van der Waals surface area contributed by atoms with Crippen molar-refractivity contribution < 1.29 is 24.5 Å². The Morgan fingerprint density at radius 2 is 1.59 bits per heavy atom. The van der Waals surface area contributed by atoms with Crippen LogP contribution in [0.15, 0.2) is 24.3 Å². The molecule has 1 aromatic rings. The Labute approximate surface area is 127 Å². The van der Waals surface area contributed by atoms with E-state index in [4.69, 9.17) is 4.74 Å². The van der Waals surface area contributed by atoms with Crippen molar-refractivity contribution in [3.63, 3.8) is 0 Å². The molecule has 22 heavy (non-hydrogen) atoms. The fourth-order valence-electron chi connectivity index (χ4n) is 4.48. The van der Waals surface area contributed by atoms with Gasteiger partial charge < -0.3 is 14.9 Å². The number of fused-ring (bicyclic) bond motifs is 5. The van der Waals surface area contributed by atoms with E-state index < -0.39 is 24.0 Å². The van der Waals surface area contributed by atoms with E-state index in [1.54, 1.807) is 24.3 Å². The molecule has 0 spiro atoms. The SMILES string of the molecule is COc1ccccc1N1C(=O)[C@H]2[C@@H]3C[C@@H]([C@H](O)[C@H]3O)[C@@H]2C1=O. The van der Waals surface area contributed by atoms with Crippen molar-refractivity contribution in [3.8, 4) is 5.75 Å². The van der Waals surface area contributed by atoms with Gasteiger partial charge in [0.25, 0.3) is 0 Å². The highest BCUT2D eigenvalue weighted by Crippen LogP contribution is 2.57.